The van der Waals surface area contributed by atoms with E-state index in [-0.39, 0.29) is 5.41 Å². The van der Waals surface area contributed by atoms with Crippen LogP contribution in [-0.4, -0.2) is 0 Å². The van der Waals surface area contributed by atoms with E-state index in [1.54, 1.807) is 0 Å². The molecular formula is C13H16N2. The number of nitrogen functional groups attached to an aromatic ring is 1. The Kier molecular flexibility index (Phi) is 2.64. The van der Waals surface area contributed by atoms with Gasteiger partial charge in [0.05, 0.1) is 11.5 Å². The summed E-state index contributed by atoms with van der Waals surface area (Å²) < 4.78 is 0. The van der Waals surface area contributed by atoms with Crippen LogP contribution in [0.15, 0.2) is 24.3 Å². The Bertz CT molecular complexity index is 384. The van der Waals surface area contributed by atoms with E-state index in [4.69, 9.17) is 5.73 Å². The SMILES string of the molecule is N#CC1(c2cccc(N)c2)CCCCC1. The molecule has 1 aliphatic carbocycles. The molecule has 1 fully saturated rings. The maximum Gasteiger partial charge on any atom is 0.0823 e. The van der Waals surface area contributed by atoms with Crippen LogP contribution in [0.3, 0.4) is 0 Å². The second kappa shape index (κ2) is 3.94. The van der Waals surface area contributed by atoms with Crippen molar-refractivity contribution in [3.05, 3.63) is 29.8 Å². The minimum Gasteiger partial charge on any atom is -0.399 e. The third-order valence-corrected chi connectivity index (χ3v) is 3.36. The van der Waals surface area contributed by atoms with Gasteiger partial charge in [-0.3, -0.25) is 0 Å². The third-order valence-electron chi connectivity index (χ3n) is 3.36. The minimum absolute atomic E-state index is 0.270. The normalized spacial score (nSPS) is 19.4. The van der Waals surface area contributed by atoms with E-state index >= 15 is 0 Å². The first kappa shape index (κ1) is 10.0. The fourth-order valence-electron chi connectivity index (χ4n) is 2.46. The number of benzene rings is 1. The summed E-state index contributed by atoms with van der Waals surface area (Å²) in [6.45, 7) is 0. The summed E-state index contributed by atoms with van der Waals surface area (Å²) in [5, 5.41) is 9.40. The molecule has 0 aromatic heterocycles. The molecule has 0 amide bonds. The predicted molar refractivity (Wildman–Crippen MR) is 61.2 cm³/mol. The Morgan fingerprint density at radius 2 is 1.93 bits per heavy atom. The summed E-state index contributed by atoms with van der Waals surface area (Å²) in [7, 11) is 0. The maximum atomic E-state index is 9.40. The van der Waals surface area contributed by atoms with Gasteiger partial charge in [0, 0.05) is 5.69 Å². The lowest BCUT2D eigenvalue weighted by Crippen LogP contribution is -2.27. The van der Waals surface area contributed by atoms with Crippen molar-refractivity contribution in [1.82, 2.24) is 0 Å². The van der Waals surface area contributed by atoms with Gasteiger partial charge in [-0.25, -0.2) is 0 Å². The molecule has 2 nitrogen and oxygen atoms in total. The molecule has 0 unspecified atom stereocenters. The Morgan fingerprint density at radius 3 is 2.53 bits per heavy atom. The highest BCUT2D eigenvalue weighted by atomic mass is 14.5. The minimum atomic E-state index is -0.270. The van der Waals surface area contributed by atoms with E-state index in [9.17, 15) is 5.26 Å². The molecule has 1 saturated carbocycles. The van der Waals surface area contributed by atoms with Crippen LogP contribution in [0.5, 0.6) is 0 Å². The summed E-state index contributed by atoms with van der Waals surface area (Å²) in [6.07, 6.45) is 5.52. The zero-order valence-electron chi connectivity index (χ0n) is 8.87. The van der Waals surface area contributed by atoms with Crippen molar-refractivity contribution in [3.63, 3.8) is 0 Å². The average Bonchev–Trinajstić information content (AvgIpc) is 2.30. The van der Waals surface area contributed by atoms with Gasteiger partial charge >= 0.3 is 0 Å². The van der Waals surface area contributed by atoms with Crippen molar-refractivity contribution in [2.24, 2.45) is 0 Å². The van der Waals surface area contributed by atoms with E-state index in [1.807, 2.05) is 24.3 Å². The molecule has 78 valence electrons. The molecule has 1 aromatic rings. The lowest BCUT2D eigenvalue weighted by molar-refractivity contribution is 0.366. The molecular weight excluding hydrogens is 184 g/mol. The van der Waals surface area contributed by atoms with E-state index in [0.717, 1.165) is 36.9 Å². The average molecular weight is 200 g/mol. The summed E-state index contributed by atoms with van der Waals surface area (Å²) in [5.41, 5.74) is 7.36. The number of rotatable bonds is 1. The number of nitrogens with zero attached hydrogens (tertiary/aromatic N) is 1. The molecule has 1 aliphatic rings. The van der Waals surface area contributed by atoms with Crippen molar-refractivity contribution in [3.8, 4) is 6.07 Å². The first-order valence-electron chi connectivity index (χ1n) is 5.54. The second-order valence-electron chi connectivity index (χ2n) is 4.38. The molecule has 0 bridgehead atoms. The predicted octanol–water partition coefficient (Wildman–Crippen LogP) is 2.99. The molecule has 0 radical (unpaired) electrons. The van der Waals surface area contributed by atoms with Crippen molar-refractivity contribution in [2.75, 3.05) is 5.73 Å². The topological polar surface area (TPSA) is 49.8 Å². The second-order valence-corrected chi connectivity index (χ2v) is 4.38. The van der Waals surface area contributed by atoms with Gasteiger partial charge in [-0.05, 0) is 30.5 Å². The van der Waals surface area contributed by atoms with Gasteiger partial charge in [0.1, 0.15) is 0 Å². The Balaban J connectivity index is 2.37. The molecule has 0 spiro atoms. The van der Waals surface area contributed by atoms with Crippen LogP contribution >= 0.6 is 0 Å². The Labute approximate surface area is 90.7 Å². The Hall–Kier alpha value is -1.49. The van der Waals surface area contributed by atoms with Crippen molar-refractivity contribution < 1.29 is 0 Å². The lowest BCUT2D eigenvalue weighted by Gasteiger charge is -2.31. The molecule has 0 saturated heterocycles. The zero-order chi connectivity index (χ0) is 10.7. The van der Waals surface area contributed by atoms with E-state index in [2.05, 4.69) is 6.07 Å². The van der Waals surface area contributed by atoms with Crippen LogP contribution in [0.2, 0.25) is 0 Å². The number of nitriles is 1. The lowest BCUT2D eigenvalue weighted by atomic mass is 9.70. The summed E-state index contributed by atoms with van der Waals surface area (Å²) in [6, 6.07) is 10.3. The molecule has 15 heavy (non-hydrogen) atoms. The number of hydrogen-bond acceptors (Lipinski definition) is 2. The molecule has 2 rings (SSSR count). The van der Waals surface area contributed by atoms with Crippen LogP contribution < -0.4 is 5.73 Å². The van der Waals surface area contributed by atoms with Gasteiger partial charge in [-0.1, -0.05) is 31.4 Å². The number of nitrogens with two attached hydrogens (primary N) is 1. The largest absolute Gasteiger partial charge is 0.399 e. The van der Waals surface area contributed by atoms with Crippen LogP contribution in [-0.2, 0) is 5.41 Å². The third kappa shape index (κ3) is 1.83. The fourth-order valence-corrected chi connectivity index (χ4v) is 2.46. The van der Waals surface area contributed by atoms with Gasteiger partial charge in [0.2, 0.25) is 0 Å². The van der Waals surface area contributed by atoms with E-state index in [0.29, 0.717) is 0 Å². The molecule has 0 heterocycles. The Morgan fingerprint density at radius 1 is 1.20 bits per heavy atom. The quantitative estimate of drug-likeness (QED) is 0.708. The van der Waals surface area contributed by atoms with Crippen LogP contribution in [0.25, 0.3) is 0 Å². The van der Waals surface area contributed by atoms with Crippen molar-refractivity contribution in [1.29, 1.82) is 5.26 Å². The van der Waals surface area contributed by atoms with Gasteiger partial charge < -0.3 is 5.73 Å². The summed E-state index contributed by atoms with van der Waals surface area (Å²) in [5.74, 6) is 0. The van der Waals surface area contributed by atoms with E-state index < -0.39 is 0 Å². The highest BCUT2D eigenvalue weighted by Crippen LogP contribution is 2.39. The smallest absolute Gasteiger partial charge is 0.0823 e. The van der Waals surface area contributed by atoms with Gasteiger partial charge in [-0.15, -0.1) is 0 Å². The standard InChI is InChI=1S/C13H16N2/c14-10-13(7-2-1-3-8-13)11-5-4-6-12(15)9-11/h4-6,9H,1-3,7-8,15H2. The van der Waals surface area contributed by atoms with Crippen LogP contribution in [0, 0.1) is 11.3 Å². The number of anilines is 1. The van der Waals surface area contributed by atoms with Crippen molar-refractivity contribution >= 4 is 5.69 Å². The summed E-state index contributed by atoms with van der Waals surface area (Å²) >= 11 is 0. The summed E-state index contributed by atoms with van der Waals surface area (Å²) in [4.78, 5) is 0. The monoisotopic (exact) mass is 200 g/mol. The van der Waals surface area contributed by atoms with Gasteiger partial charge in [-0.2, -0.15) is 5.26 Å². The molecule has 0 aliphatic heterocycles. The number of hydrogen-bond donors (Lipinski definition) is 1. The molecule has 2 N–H and O–H groups in total. The van der Waals surface area contributed by atoms with Crippen molar-refractivity contribution in [2.45, 2.75) is 37.5 Å². The highest BCUT2D eigenvalue weighted by molar-refractivity contribution is 5.45. The first-order chi connectivity index (χ1) is 7.27. The van der Waals surface area contributed by atoms with Gasteiger partial charge in [0.25, 0.3) is 0 Å². The molecule has 0 atom stereocenters. The maximum absolute atomic E-state index is 9.40. The fraction of sp³-hybridized carbons (Fsp3) is 0.462. The van der Waals surface area contributed by atoms with Gasteiger partial charge in [0.15, 0.2) is 0 Å². The van der Waals surface area contributed by atoms with Crippen LogP contribution in [0.4, 0.5) is 5.69 Å². The molecule has 2 heteroatoms. The van der Waals surface area contributed by atoms with Crippen LogP contribution in [0.1, 0.15) is 37.7 Å². The van der Waals surface area contributed by atoms with E-state index in [1.165, 1.54) is 6.42 Å². The molecule has 1 aromatic carbocycles. The zero-order valence-corrected chi connectivity index (χ0v) is 8.87. The first-order valence-corrected chi connectivity index (χ1v) is 5.54. The highest BCUT2D eigenvalue weighted by Gasteiger charge is 2.33.